The number of anilines is 1. The molecule has 0 aromatic carbocycles. The average molecular weight is 267 g/mol. The molecule has 2 rings (SSSR count). The summed E-state index contributed by atoms with van der Waals surface area (Å²) in [5, 5.41) is 0. The van der Waals surface area contributed by atoms with E-state index in [1.807, 2.05) is 12.4 Å². The van der Waals surface area contributed by atoms with E-state index in [2.05, 4.69) is 29.8 Å². The fourth-order valence-corrected chi connectivity index (χ4v) is 3.06. The number of hydrogen-bond acceptors (Lipinski definition) is 2. The lowest BCUT2D eigenvalue weighted by atomic mass is 10.1. The molecule has 1 aromatic rings. The van der Waals surface area contributed by atoms with Gasteiger partial charge >= 0.3 is 0 Å². The molecule has 100 valence electrons. The molecule has 0 N–H and O–H groups in total. The zero-order valence-corrected chi connectivity index (χ0v) is 12.2. The molecule has 0 aliphatic heterocycles. The molecule has 0 unspecified atom stereocenters. The zero-order chi connectivity index (χ0) is 13.0. The second-order valence-corrected chi connectivity index (χ2v) is 5.89. The quantitative estimate of drug-likeness (QED) is 0.742. The molecule has 0 amide bonds. The van der Waals surface area contributed by atoms with Gasteiger partial charge in [-0.05, 0) is 24.8 Å². The Morgan fingerprint density at radius 2 is 2.11 bits per heavy atom. The van der Waals surface area contributed by atoms with Gasteiger partial charge < -0.3 is 4.90 Å². The largest absolute Gasteiger partial charge is 0.368 e. The SMILES string of the molecule is CC(C)CN(c1ccncc1CCl)C1CCCC1. The lowest BCUT2D eigenvalue weighted by molar-refractivity contribution is 0.534. The molecule has 0 bridgehead atoms. The Bertz CT molecular complexity index is 373. The number of pyridine rings is 1. The Balaban J connectivity index is 2.26. The second-order valence-electron chi connectivity index (χ2n) is 5.62. The maximum absolute atomic E-state index is 6.05. The van der Waals surface area contributed by atoms with Gasteiger partial charge in [0.1, 0.15) is 0 Å². The average Bonchev–Trinajstić information content (AvgIpc) is 2.89. The Morgan fingerprint density at radius 3 is 2.72 bits per heavy atom. The van der Waals surface area contributed by atoms with E-state index in [1.165, 1.54) is 31.4 Å². The Kier molecular flexibility index (Phi) is 4.87. The van der Waals surface area contributed by atoms with Crippen LogP contribution in [-0.2, 0) is 5.88 Å². The monoisotopic (exact) mass is 266 g/mol. The zero-order valence-electron chi connectivity index (χ0n) is 11.4. The Morgan fingerprint density at radius 1 is 1.39 bits per heavy atom. The van der Waals surface area contributed by atoms with Crippen LogP contribution in [-0.4, -0.2) is 17.6 Å². The van der Waals surface area contributed by atoms with Crippen LogP contribution in [0.4, 0.5) is 5.69 Å². The molecule has 0 radical (unpaired) electrons. The molecule has 1 saturated carbocycles. The molecular weight excluding hydrogens is 244 g/mol. The van der Waals surface area contributed by atoms with Crippen LogP contribution in [0.1, 0.15) is 45.1 Å². The number of alkyl halides is 1. The lowest BCUT2D eigenvalue weighted by Crippen LogP contribution is -2.36. The van der Waals surface area contributed by atoms with Crippen molar-refractivity contribution in [2.24, 2.45) is 5.92 Å². The summed E-state index contributed by atoms with van der Waals surface area (Å²) in [6.07, 6.45) is 9.15. The maximum atomic E-state index is 6.05. The molecule has 0 saturated heterocycles. The Hall–Kier alpha value is -0.760. The third kappa shape index (κ3) is 3.17. The van der Waals surface area contributed by atoms with Gasteiger partial charge in [-0.25, -0.2) is 0 Å². The summed E-state index contributed by atoms with van der Waals surface area (Å²) < 4.78 is 0. The van der Waals surface area contributed by atoms with Crippen molar-refractivity contribution in [1.29, 1.82) is 0 Å². The van der Waals surface area contributed by atoms with Gasteiger partial charge in [0.2, 0.25) is 0 Å². The highest BCUT2D eigenvalue weighted by molar-refractivity contribution is 6.17. The van der Waals surface area contributed by atoms with Crippen LogP contribution < -0.4 is 4.90 Å². The topological polar surface area (TPSA) is 16.1 Å². The molecule has 1 aliphatic rings. The summed E-state index contributed by atoms with van der Waals surface area (Å²) in [5.41, 5.74) is 2.45. The summed E-state index contributed by atoms with van der Waals surface area (Å²) in [6, 6.07) is 2.81. The molecule has 1 heterocycles. The highest BCUT2D eigenvalue weighted by Gasteiger charge is 2.24. The highest BCUT2D eigenvalue weighted by atomic mass is 35.5. The summed E-state index contributed by atoms with van der Waals surface area (Å²) in [6.45, 7) is 5.67. The third-order valence-corrected chi connectivity index (χ3v) is 3.95. The van der Waals surface area contributed by atoms with Crippen molar-refractivity contribution in [2.75, 3.05) is 11.4 Å². The molecule has 0 atom stereocenters. The molecule has 2 nitrogen and oxygen atoms in total. The molecule has 0 spiro atoms. The van der Waals surface area contributed by atoms with Gasteiger partial charge in [-0.2, -0.15) is 0 Å². The minimum Gasteiger partial charge on any atom is -0.368 e. The van der Waals surface area contributed by atoms with E-state index in [9.17, 15) is 0 Å². The van der Waals surface area contributed by atoms with Gasteiger partial charge in [0.15, 0.2) is 0 Å². The number of hydrogen-bond donors (Lipinski definition) is 0. The van der Waals surface area contributed by atoms with Gasteiger partial charge in [-0.15, -0.1) is 11.6 Å². The molecule has 3 heteroatoms. The van der Waals surface area contributed by atoms with Crippen molar-refractivity contribution in [3.05, 3.63) is 24.0 Å². The number of rotatable bonds is 5. The van der Waals surface area contributed by atoms with Crippen LogP contribution in [0.2, 0.25) is 0 Å². The first-order chi connectivity index (χ1) is 8.72. The van der Waals surface area contributed by atoms with E-state index in [0.717, 1.165) is 12.1 Å². The van der Waals surface area contributed by atoms with Crippen molar-refractivity contribution < 1.29 is 0 Å². The second kappa shape index (κ2) is 6.42. The van der Waals surface area contributed by atoms with Crippen molar-refractivity contribution in [3.8, 4) is 0 Å². The Labute approximate surface area is 115 Å². The lowest BCUT2D eigenvalue weighted by Gasteiger charge is -2.34. The van der Waals surface area contributed by atoms with Crippen LogP contribution in [0, 0.1) is 5.92 Å². The molecular formula is C15H23ClN2. The summed E-state index contributed by atoms with van der Waals surface area (Å²) in [5.74, 6) is 1.21. The fourth-order valence-electron chi connectivity index (χ4n) is 2.86. The molecule has 1 aliphatic carbocycles. The van der Waals surface area contributed by atoms with Crippen LogP contribution >= 0.6 is 11.6 Å². The van der Waals surface area contributed by atoms with Crippen LogP contribution in [0.3, 0.4) is 0 Å². The number of nitrogens with zero attached hydrogens (tertiary/aromatic N) is 2. The van der Waals surface area contributed by atoms with Crippen LogP contribution in [0.5, 0.6) is 0 Å². The minimum absolute atomic E-state index is 0.546. The summed E-state index contributed by atoms with van der Waals surface area (Å²) >= 11 is 6.05. The van der Waals surface area contributed by atoms with Crippen molar-refractivity contribution >= 4 is 17.3 Å². The minimum atomic E-state index is 0.546. The van der Waals surface area contributed by atoms with Crippen LogP contribution in [0.15, 0.2) is 18.5 Å². The summed E-state index contributed by atoms with van der Waals surface area (Å²) in [4.78, 5) is 6.76. The van der Waals surface area contributed by atoms with Crippen molar-refractivity contribution in [2.45, 2.75) is 51.5 Å². The van der Waals surface area contributed by atoms with E-state index >= 15 is 0 Å². The van der Waals surface area contributed by atoms with Crippen molar-refractivity contribution in [3.63, 3.8) is 0 Å². The van der Waals surface area contributed by atoms with E-state index < -0.39 is 0 Å². The van der Waals surface area contributed by atoms with Gasteiger partial charge in [-0.1, -0.05) is 26.7 Å². The first-order valence-electron chi connectivity index (χ1n) is 6.98. The highest BCUT2D eigenvalue weighted by Crippen LogP contribution is 2.31. The first kappa shape index (κ1) is 13.7. The van der Waals surface area contributed by atoms with Gasteiger partial charge in [-0.3, -0.25) is 4.98 Å². The number of aromatic nitrogens is 1. The van der Waals surface area contributed by atoms with E-state index in [1.54, 1.807) is 0 Å². The molecule has 1 aromatic heterocycles. The van der Waals surface area contributed by atoms with Gasteiger partial charge in [0, 0.05) is 36.2 Å². The first-order valence-corrected chi connectivity index (χ1v) is 7.51. The number of halogens is 1. The smallest absolute Gasteiger partial charge is 0.0509 e. The maximum Gasteiger partial charge on any atom is 0.0509 e. The standard InChI is InChI=1S/C15H23ClN2/c1-12(2)11-18(14-5-3-4-6-14)15-7-8-17-10-13(15)9-16/h7-8,10,12,14H,3-6,9,11H2,1-2H3. The van der Waals surface area contributed by atoms with Gasteiger partial charge in [0.05, 0.1) is 5.88 Å². The fraction of sp³-hybridized carbons (Fsp3) is 0.667. The van der Waals surface area contributed by atoms with Crippen LogP contribution in [0.25, 0.3) is 0 Å². The predicted octanol–water partition coefficient (Wildman–Crippen LogP) is 4.23. The summed E-state index contributed by atoms with van der Waals surface area (Å²) in [7, 11) is 0. The molecule has 18 heavy (non-hydrogen) atoms. The van der Waals surface area contributed by atoms with Gasteiger partial charge in [0.25, 0.3) is 0 Å². The normalized spacial score (nSPS) is 16.4. The molecule has 1 fully saturated rings. The van der Waals surface area contributed by atoms with E-state index in [0.29, 0.717) is 17.8 Å². The third-order valence-electron chi connectivity index (χ3n) is 3.66. The van der Waals surface area contributed by atoms with Crippen molar-refractivity contribution in [1.82, 2.24) is 4.98 Å². The predicted molar refractivity (Wildman–Crippen MR) is 78.2 cm³/mol. The van der Waals surface area contributed by atoms with E-state index in [-0.39, 0.29) is 0 Å². The van der Waals surface area contributed by atoms with E-state index in [4.69, 9.17) is 11.6 Å².